The molecule has 5 rings (SSSR count). The van der Waals surface area contributed by atoms with Gasteiger partial charge in [0.1, 0.15) is 5.78 Å². The molecule has 3 saturated carbocycles. The molecule has 1 unspecified atom stereocenters. The molecular weight excluding hydrogens is 432 g/mol. The summed E-state index contributed by atoms with van der Waals surface area (Å²) in [7, 11) is 0. The van der Waals surface area contributed by atoms with E-state index in [0.29, 0.717) is 25.0 Å². The summed E-state index contributed by atoms with van der Waals surface area (Å²) in [6.07, 6.45) is 2.73. The first-order valence-corrected chi connectivity index (χ1v) is 12.4. The van der Waals surface area contributed by atoms with Crippen LogP contribution in [0.2, 0.25) is 0 Å². The molecule has 3 N–H and O–H groups in total. The Morgan fingerprint density at radius 1 is 1.21 bits per heavy atom. The monoisotopic (exact) mass is 470 g/mol. The number of Topliss-reactive ketones (excluding diaryl/α,β-unsaturated/α-hetero) is 1. The van der Waals surface area contributed by atoms with Crippen molar-refractivity contribution in [3.8, 4) is 0 Å². The molecule has 0 amide bonds. The molecule has 34 heavy (non-hydrogen) atoms. The second-order valence-electron chi connectivity index (χ2n) is 11.1. The molecular formula is C28H38O6. The molecule has 1 aromatic carbocycles. The lowest BCUT2D eigenvalue weighted by Crippen LogP contribution is -2.83. The van der Waals surface area contributed by atoms with Crippen molar-refractivity contribution in [3.63, 3.8) is 0 Å². The zero-order valence-corrected chi connectivity index (χ0v) is 20.9. The van der Waals surface area contributed by atoms with E-state index in [4.69, 9.17) is 9.84 Å². The van der Waals surface area contributed by atoms with E-state index in [0.717, 1.165) is 24.8 Å². The van der Waals surface area contributed by atoms with E-state index >= 15 is 0 Å². The maximum atomic E-state index is 13.5. The number of carboxylic acids is 1. The number of ether oxygens (including phenoxy) is 1. The van der Waals surface area contributed by atoms with Crippen molar-refractivity contribution in [1.29, 1.82) is 0 Å². The van der Waals surface area contributed by atoms with E-state index < -0.39 is 33.9 Å². The number of allylic oxidation sites excluding steroid dienone is 1. The molecule has 7 atom stereocenters. The Labute approximate surface area is 202 Å². The molecule has 0 radical (unpaired) electrons. The Morgan fingerprint density at radius 3 is 2.41 bits per heavy atom. The summed E-state index contributed by atoms with van der Waals surface area (Å²) in [5.74, 6) is -0.949. The zero-order chi connectivity index (χ0) is 25.1. The number of hydrogen-bond acceptors (Lipinski definition) is 5. The predicted octanol–water partition coefficient (Wildman–Crippen LogP) is 4.39. The molecule has 3 fully saturated rings. The number of carboxylic acid groups (broad SMARTS) is 1. The van der Waals surface area contributed by atoms with E-state index in [1.54, 1.807) is 30.3 Å². The molecule has 0 aromatic heterocycles. The molecule has 0 heterocycles. The van der Waals surface area contributed by atoms with Crippen LogP contribution in [0.25, 0.3) is 0 Å². The van der Waals surface area contributed by atoms with Gasteiger partial charge in [-0.25, -0.2) is 4.79 Å². The number of aromatic carboxylic acids is 1. The van der Waals surface area contributed by atoms with Gasteiger partial charge < -0.3 is 20.1 Å². The van der Waals surface area contributed by atoms with Crippen LogP contribution in [0.15, 0.2) is 41.5 Å². The molecule has 4 aliphatic carbocycles. The van der Waals surface area contributed by atoms with Crippen LogP contribution < -0.4 is 0 Å². The van der Waals surface area contributed by atoms with Crippen molar-refractivity contribution in [3.05, 3.63) is 47.0 Å². The minimum Gasteiger partial charge on any atom is -0.478 e. The third-order valence-corrected chi connectivity index (χ3v) is 9.88. The summed E-state index contributed by atoms with van der Waals surface area (Å²) in [5.41, 5.74) is 0.334. The molecule has 1 aromatic rings. The smallest absolute Gasteiger partial charge is 0.335 e. The van der Waals surface area contributed by atoms with Crippen LogP contribution in [-0.4, -0.2) is 51.5 Å². The number of aliphatic hydroxyl groups is 2. The normalized spacial score (nSPS) is 42.6. The van der Waals surface area contributed by atoms with Gasteiger partial charge in [-0.05, 0) is 58.6 Å². The van der Waals surface area contributed by atoms with E-state index in [2.05, 4.69) is 13.8 Å². The quantitative estimate of drug-likeness (QED) is 0.566. The standard InChI is InChI=1S/C21H32O4.C7H6O2/c1-6-25-14-9-15(22)18(4)17(23)13(3)16-12(2)7-8-21(24)11-20(18,10-14)19(16,21)5;8-7(9)6-4-2-1-3-5-6/h13-15,22,24H,6-11H2,1-5H3;1-5H,(H,8,9)/t13-,14-,15+,18+,19-,20?,21-;/m1./s1. The van der Waals surface area contributed by atoms with Gasteiger partial charge in [0, 0.05) is 29.8 Å². The summed E-state index contributed by atoms with van der Waals surface area (Å²) < 4.78 is 5.91. The number of hydrogen-bond donors (Lipinski definition) is 3. The highest BCUT2D eigenvalue weighted by Gasteiger charge is 2.84. The van der Waals surface area contributed by atoms with E-state index in [9.17, 15) is 19.8 Å². The summed E-state index contributed by atoms with van der Waals surface area (Å²) in [6.45, 7) is 10.8. The summed E-state index contributed by atoms with van der Waals surface area (Å²) in [6, 6.07) is 8.30. The van der Waals surface area contributed by atoms with Crippen LogP contribution >= 0.6 is 0 Å². The lowest BCUT2D eigenvalue weighted by molar-refractivity contribution is -0.331. The van der Waals surface area contributed by atoms with Crippen LogP contribution in [0.4, 0.5) is 0 Å². The zero-order valence-electron chi connectivity index (χ0n) is 20.9. The number of aliphatic hydroxyl groups excluding tert-OH is 1. The Morgan fingerprint density at radius 2 is 1.85 bits per heavy atom. The lowest BCUT2D eigenvalue weighted by Gasteiger charge is -2.80. The number of benzene rings is 1. The van der Waals surface area contributed by atoms with Crippen molar-refractivity contribution < 1.29 is 29.6 Å². The van der Waals surface area contributed by atoms with Crippen molar-refractivity contribution in [2.75, 3.05) is 6.61 Å². The van der Waals surface area contributed by atoms with Gasteiger partial charge in [0.25, 0.3) is 0 Å². The minimum absolute atomic E-state index is 0.0425. The second kappa shape index (κ2) is 8.28. The fourth-order valence-corrected chi connectivity index (χ4v) is 8.19. The highest BCUT2D eigenvalue weighted by atomic mass is 16.5. The maximum absolute atomic E-state index is 13.5. The summed E-state index contributed by atoms with van der Waals surface area (Å²) in [4.78, 5) is 23.7. The third-order valence-electron chi connectivity index (χ3n) is 9.88. The lowest BCUT2D eigenvalue weighted by atomic mass is 9.24. The van der Waals surface area contributed by atoms with Gasteiger partial charge >= 0.3 is 5.97 Å². The van der Waals surface area contributed by atoms with Crippen molar-refractivity contribution in [1.82, 2.24) is 0 Å². The molecule has 4 aliphatic rings. The fourth-order valence-electron chi connectivity index (χ4n) is 8.19. The predicted molar refractivity (Wildman–Crippen MR) is 128 cm³/mol. The van der Waals surface area contributed by atoms with Crippen LogP contribution in [0, 0.1) is 22.2 Å². The number of carbonyl (C=O) groups is 2. The van der Waals surface area contributed by atoms with Gasteiger partial charge in [-0.15, -0.1) is 0 Å². The number of ketones is 1. The van der Waals surface area contributed by atoms with Crippen molar-refractivity contribution in [2.45, 2.75) is 84.5 Å². The van der Waals surface area contributed by atoms with Gasteiger partial charge in [0.15, 0.2) is 0 Å². The maximum Gasteiger partial charge on any atom is 0.335 e. The van der Waals surface area contributed by atoms with E-state index in [-0.39, 0.29) is 17.8 Å². The molecule has 1 spiro atoms. The van der Waals surface area contributed by atoms with Gasteiger partial charge in [-0.1, -0.05) is 43.2 Å². The molecule has 186 valence electrons. The molecule has 0 saturated heterocycles. The Hall–Kier alpha value is -2.02. The first-order chi connectivity index (χ1) is 15.9. The van der Waals surface area contributed by atoms with Crippen molar-refractivity contribution >= 4 is 11.8 Å². The largest absolute Gasteiger partial charge is 0.478 e. The van der Waals surface area contributed by atoms with Gasteiger partial charge in [-0.3, -0.25) is 4.79 Å². The Bertz CT molecular complexity index is 1020. The average Bonchev–Trinajstić information content (AvgIpc) is 2.80. The topological polar surface area (TPSA) is 104 Å². The Balaban J connectivity index is 0.000000257. The highest BCUT2D eigenvalue weighted by molar-refractivity contribution is 5.94. The summed E-state index contributed by atoms with van der Waals surface area (Å²) in [5, 5.41) is 31.0. The summed E-state index contributed by atoms with van der Waals surface area (Å²) >= 11 is 0. The minimum atomic E-state index is -0.879. The average molecular weight is 471 g/mol. The third kappa shape index (κ3) is 3.04. The fraction of sp³-hybridized carbons (Fsp3) is 0.643. The van der Waals surface area contributed by atoms with Crippen LogP contribution in [0.3, 0.4) is 0 Å². The molecule has 6 nitrogen and oxygen atoms in total. The highest BCUT2D eigenvalue weighted by Crippen LogP contribution is 2.82. The van der Waals surface area contributed by atoms with Gasteiger partial charge in [-0.2, -0.15) is 0 Å². The van der Waals surface area contributed by atoms with Crippen LogP contribution in [0.1, 0.15) is 77.1 Å². The van der Waals surface area contributed by atoms with Gasteiger partial charge in [0.2, 0.25) is 0 Å². The van der Waals surface area contributed by atoms with Gasteiger partial charge in [0.05, 0.1) is 28.8 Å². The van der Waals surface area contributed by atoms with Crippen LogP contribution in [0.5, 0.6) is 0 Å². The van der Waals surface area contributed by atoms with E-state index in [1.165, 1.54) is 5.57 Å². The molecule has 0 aliphatic heterocycles. The van der Waals surface area contributed by atoms with Crippen molar-refractivity contribution in [2.24, 2.45) is 22.2 Å². The molecule has 6 heteroatoms. The SMILES string of the molecule is CCO[C@@H]1C[C@H](O)[C@@]2(C)C(=O)[C@H](C)C3=C(C)CC[C@@]4(O)CC2(C1)[C@@]34C.O=C(O)c1ccccc1. The van der Waals surface area contributed by atoms with E-state index in [1.807, 2.05) is 20.8 Å². The molecule has 0 bridgehead atoms. The van der Waals surface area contributed by atoms with Crippen LogP contribution in [-0.2, 0) is 9.53 Å². The number of rotatable bonds is 3. The second-order valence-corrected chi connectivity index (χ2v) is 11.1. The number of carbonyl (C=O) groups excluding carboxylic acids is 1. The first-order valence-electron chi connectivity index (χ1n) is 12.4. The first kappa shape index (κ1) is 25.1. The Kier molecular flexibility index (Phi) is 6.11.